The first-order valence-electron chi connectivity index (χ1n) is 14.4. The molecule has 5 N–H and O–H groups in total. The van der Waals surface area contributed by atoms with Crippen molar-refractivity contribution in [1.29, 1.82) is 0 Å². The van der Waals surface area contributed by atoms with Crippen LogP contribution in [-0.4, -0.2) is 67.1 Å². The first kappa shape index (κ1) is 34.5. The number of carbonyl (C=O) groups excluding carboxylic acids is 2. The van der Waals surface area contributed by atoms with Crippen molar-refractivity contribution in [3.05, 3.63) is 95.1 Å². The van der Waals surface area contributed by atoms with Crippen LogP contribution < -0.4 is 21.7 Å². The fraction of sp³-hybridized carbons (Fsp3) is 0.387. The van der Waals surface area contributed by atoms with E-state index in [1.165, 1.54) is 54.7 Å². The summed E-state index contributed by atoms with van der Waals surface area (Å²) in [5, 5.41) is 7.77. The lowest BCUT2D eigenvalue weighted by Gasteiger charge is -2.35. The maximum Gasteiger partial charge on any atom is 0.407 e. The van der Waals surface area contributed by atoms with Gasteiger partial charge in [0.1, 0.15) is 36.6 Å². The first-order chi connectivity index (χ1) is 21.8. The quantitative estimate of drug-likeness (QED) is 0.211. The number of anilines is 1. The highest BCUT2D eigenvalue weighted by molar-refractivity contribution is 5.85. The molecule has 46 heavy (non-hydrogen) atoms. The number of morpholine rings is 1. The van der Waals surface area contributed by atoms with Gasteiger partial charge in [0, 0.05) is 18.0 Å². The highest BCUT2D eigenvalue weighted by Crippen LogP contribution is 2.32. The van der Waals surface area contributed by atoms with Crippen molar-refractivity contribution < 1.29 is 45.4 Å². The maximum atomic E-state index is 15.2. The predicted octanol–water partition coefficient (Wildman–Crippen LogP) is 4.56. The molecule has 0 spiro atoms. The Morgan fingerprint density at radius 2 is 1.65 bits per heavy atom. The van der Waals surface area contributed by atoms with Crippen LogP contribution in [0.2, 0.25) is 0 Å². The molecule has 3 aromatic rings. The number of primary amides is 1. The summed E-state index contributed by atoms with van der Waals surface area (Å²) >= 11 is 0. The number of alkyl halides is 3. The number of nitrogens with zero attached hydrogens (tertiary/aromatic N) is 1. The monoisotopic (exact) mass is 653 g/mol. The largest absolute Gasteiger partial charge is 0.448 e. The number of aromatic nitrogens is 1. The van der Waals surface area contributed by atoms with Gasteiger partial charge in [0.2, 0.25) is 5.91 Å². The van der Waals surface area contributed by atoms with Crippen molar-refractivity contribution in [2.24, 2.45) is 5.73 Å². The lowest BCUT2D eigenvalue weighted by atomic mass is 9.84. The van der Waals surface area contributed by atoms with Gasteiger partial charge in [0.15, 0.2) is 0 Å². The molecule has 1 fully saturated rings. The fourth-order valence-corrected chi connectivity index (χ4v) is 5.20. The van der Waals surface area contributed by atoms with E-state index >= 15 is 4.39 Å². The van der Waals surface area contributed by atoms with Crippen LogP contribution in [0.3, 0.4) is 0 Å². The van der Waals surface area contributed by atoms with Gasteiger partial charge in [-0.05, 0) is 55.2 Å². The molecule has 0 unspecified atom stereocenters. The van der Waals surface area contributed by atoms with Crippen molar-refractivity contribution in [3.8, 4) is 0 Å². The second kappa shape index (κ2) is 15.3. The summed E-state index contributed by atoms with van der Waals surface area (Å²) in [4.78, 5) is 28.3. The third-order valence-corrected chi connectivity index (χ3v) is 7.54. The van der Waals surface area contributed by atoms with Crippen LogP contribution in [0.1, 0.15) is 36.0 Å². The first-order valence-corrected chi connectivity index (χ1v) is 14.4. The van der Waals surface area contributed by atoms with Crippen molar-refractivity contribution in [3.63, 3.8) is 0 Å². The van der Waals surface area contributed by atoms with E-state index in [0.717, 1.165) is 6.20 Å². The third kappa shape index (κ3) is 9.57. The van der Waals surface area contributed by atoms with Gasteiger partial charge in [-0.15, -0.1) is 0 Å². The SMILES string of the molecule is C[C@@H]1O[C@H](CCc2c(F)cncc2N[C@H](C(N)=O)C(c2ccc(F)cc2)c2ccc(F)cc2)CN[C@@H]1COC(=O)NCC(F)(F)F. The summed E-state index contributed by atoms with van der Waals surface area (Å²) in [6.45, 7) is 0.227. The average Bonchev–Trinajstić information content (AvgIpc) is 3.00. The smallest absolute Gasteiger partial charge is 0.407 e. The number of hydrogen-bond donors (Lipinski definition) is 4. The summed E-state index contributed by atoms with van der Waals surface area (Å²) in [5.74, 6) is -3.26. The van der Waals surface area contributed by atoms with E-state index in [1.54, 1.807) is 12.2 Å². The Hall–Kier alpha value is -4.37. The van der Waals surface area contributed by atoms with E-state index in [9.17, 15) is 31.5 Å². The van der Waals surface area contributed by atoms with Crippen molar-refractivity contribution >= 4 is 17.7 Å². The topological polar surface area (TPSA) is 128 Å². The van der Waals surface area contributed by atoms with E-state index in [-0.39, 0.29) is 30.8 Å². The molecule has 1 aliphatic heterocycles. The molecular formula is C31H33F6N5O4. The number of ether oxygens (including phenoxy) is 2. The number of nitrogens with two attached hydrogens (primary N) is 1. The molecule has 0 aliphatic carbocycles. The molecule has 1 saturated heterocycles. The van der Waals surface area contributed by atoms with Gasteiger partial charge in [-0.1, -0.05) is 24.3 Å². The zero-order valence-electron chi connectivity index (χ0n) is 24.6. The highest BCUT2D eigenvalue weighted by atomic mass is 19.4. The van der Waals surface area contributed by atoms with E-state index in [0.29, 0.717) is 17.5 Å². The zero-order valence-corrected chi connectivity index (χ0v) is 24.6. The number of halogens is 6. The summed E-state index contributed by atoms with van der Waals surface area (Å²) in [6.07, 6.45) is -3.87. The average molecular weight is 654 g/mol. The minimum absolute atomic E-state index is 0.139. The normalized spacial score (nSPS) is 19.0. The Morgan fingerprint density at radius 1 is 1.04 bits per heavy atom. The number of nitrogens with one attached hydrogen (secondary N) is 3. The molecule has 0 bridgehead atoms. The van der Waals surface area contributed by atoms with Crippen molar-refractivity contribution in [2.75, 3.05) is 25.0 Å². The molecule has 4 rings (SSSR count). The second-order valence-corrected chi connectivity index (χ2v) is 10.8. The summed E-state index contributed by atoms with van der Waals surface area (Å²) in [5.41, 5.74) is 7.21. The standard InChI is InChI=1S/C31H33F6N5O4/c1-17-26(15-45-30(44)41-16-31(35,36)37)40-12-22(46-17)10-11-23-24(34)13-39-14-25(23)42-28(29(38)43)27(18-2-6-20(32)7-3-18)19-4-8-21(33)9-5-19/h2-9,13-14,17,22,26-28,40,42H,10-12,15-16H2,1H3,(H2,38,43)(H,41,44)/t17-,22+,26+,28-/m0/s1. The third-order valence-electron chi connectivity index (χ3n) is 7.54. The molecule has 2 aromatic carbocycles. The van der Waals surface area contributed by atoms with Crippen LogP contribution >= 0.6 is 0 Å². The summed E-state index contributed by atoms with van der Waals surface area (Å²) < 4.78 is 90.4. The van der Waals surface area contributed by atoms with E-state index in [2.05, 4.69) is 15.6 Å². The summed E-state index contributed by atoms with van der Waals surface area (Å²) in [6, 6.07) is 9.13. The number of benzene rings is 2. The molecular weight excluding hydrogens is 620 g/mol. The Labute approximate surface area is 260 Å². The fourth-order valence-electron chi connectivity index (χ4n) is 5.20. The Kier molecular flexibility index (Phi) is 11.5. The van der Waals surface area contributed by atoms with Gasteiger partial charge < -0.3 is 31.2 Å². The molecule has 15 heteroatoms. The van der Waals surface area contributed by atoms with Gasteiger partial charge in [-0.3, -0.25) is 9.78 Å². The molecule has 248 valence electrons. The molecule has 4 atom stereocenters. The Morgan fingerprint density at radius 3 is 2.20 bits per heavy atom. The van der Waals surface area contributed by atoms with Crippen LogP contribution in [0.4, 0.5) is 36.8 Å². The van der Waals surface area contributed by atoms with E-state index in [4.69, 9.17) is 15.2 Å². The maximum absolute atomic E-state index is 15.2. The van der Waals surface area contributed by atoms with Gasteiger partial charge in [0.25, 0.3) is 0 Å². The second-order valence-electron chi connectivity index (χ2n) is 10.8. The van der Waals surface area contributed by atoms with E-state index in [1.807, 2.05) is 0 Å². The van der Waals surface area contributed by atoms with Crippen LogP contribution in [-0.2, 0) is 20.7 Å². The molecule has 2 heterocycles. The summed E-state index contributed by atoms with van der Waals surface area (Å²) in [7, 11) is 0. The number of pyridine rings is 1. The lowest BCUT2D eigenvalue weighted by molar-refractivity contribution is -0.124. The minimum Gasteiger partial charge on any atom is -0.448 e. The van der Waals surface area contributed by atoms with E-state index < -0.39 is 72.4 Å². The zero-order chi connectivity index (χ0) is 33.4. The minimum atomic E-state index is -4.57. The number of hydrogen-bond acceptors (Lipinski definition) is 7. The van der Waals surface area contributed by atoms with Crippen LogP contribution in [0.25, 0.3) is 0 Å². The number of rotatable bonds is 12. The van der Waals surface area contributed by atoms with Gasteiger partial charge in [-0.25, -0.2) is 18.0 Å². The molecule has 1 aliphatic rings. The Bertz CT molecular complexity index is 1430. The van der Waals surface area contributed by atoms with Gasteiger partial charge >= 0.3 is 12.3 Å². The van der Waals surface area contributed by atoms with Crippen molar-refractivity contribution in [1.82, 2.24) is 15.6 Å². The molecule has 9 nitrogen and oxygen atoms in total. The molecule has 0 radical (unpaired) electrons. The molecule has 0 saturated carbocycles. The van der Waals surface area contributed by atoms with Crippen molar-refractivity contribution in [2.45, 2.75) is 56.2 Å². The van der Waals surface area contributed by atoms with Crippen LogP contribution in [0.5, 0.6) is 0 Å². The highest BCUT2D eigenvalue weighted by Gasteiger charge is 2.33. The van der Waals surface area contributed by atoms with Crippen LogP contribution in [0.15, 0.2) is 60.9 Å². The molecule has 2 amide bonds. The molecule has 1 aromatic heterocycles. The van der Waals surface area contributed by atoms with Gasteiger partial charge in [-0.2, -0.15) is 13.2 Å². The Balaban J connectivity index is 1.44. The lowest BCUT2D eigenvalue weighted by Crippen LogP contribution is -2.54. The number of carbonyl (C=O) groups is 2. The predicted molar refractivity (Wildman–Crippen MR) is 155 cm³/mol. The number of alkyl carbamates (subject to hydrolysis) is 1. The number of amides is 2. The van der Waals surface area contributed by atoms with Gasteiger partial charge in [0.05, 0.1) is 36.3 Å². The van der Waals surface area contributed by atoms with Crippen LogP contribution in [0, 0.1) is 17.5 Å².